The van der Waals surface area contributed by atoms with Crippen LogP contribution in [0.4, 0.5) is 0 Å². The average molecular weight is 353 g/mol. The lowest BCUT2D eigenvalue weighted by molar-refractivity contribution is -0.224. The predicted octanol–water partition coefficient (Wildman–Crippen LogP) is -3.13. The van der Waals surface area contributed by atoms with E-state index in [9.17, 15) is 20.1 Å². The summed E-state index contributed by atoms with van der Waals surface area (Å²) in [5.74, 6) is 0. The number of rotatable bonds is 3. The van der Waals surface area contributed by atoms with E-state index in [1.807, 2.05) is 0 Å². The average Bonchev–Trinajstić information content (AvgIpc) is 3.18. The third-order valence-electron chi connectivity index (χ3n) is 4.75. The number of hydrogen-bond donors (Lipinski definition) is 5. The molecule has 2 fully saturated rings. The zero-order chi connectivity index (χ0) is 17.6. The molecule has 0 aromatic carbocycles. The molecule has 11 nitrogen and oxygen atoms in total. The van der Waals surface area contributed by atoms with Gasteiger partial charge in [-0.15, -0.1) is 0 Å². The lowest BCUT2D eigenvalue weighted by Gasteiger charge is -2.41. The van der Waals surface area contributed by atoms with Crippen molar-refractivity contribution in [3.63, 3.8) is 0 Å². The number of nitrogens with zero attached hydrogens (tertiary/aromatic N) is 3. The van der Waals surface area contributed by atoms with E-state index < -0.39 is 42.3 Å². The Morgan fingerprint density at radius 1 is 1.40 bits per heavy atom. The summed E-state index contributed by atoms with van der Waals surface area (Å²) in [4.78, 5) is 22.6. The van der Waals surface area contributed by atoms with Gasteiger partial charge < -0.3 is 35.1 Å². The first-order chi connectivity index (χ1) is 12.1. The molecule has 0 aliphatic carbocycles. The Labute approximate surface area is 141 Å². The van der Waals surface area contributed by atoms with E-state index in [2.05, 4.69) is 20.3 Å². The minimum Gasteiger partial charge on any atom is -0.394 e. The van der Waals surface area contributed by atoms with E-state index in [4.69, 9.17) is 9.47 Å². The van der Waals surface area contributed by atoms with Crippen LogP contribution in [0.1, 0.15) is 0 Å². The van der Waals surface area contributed by atoms with E-state index in [1.165, 1.54) is 17.2 Å². The van der Waals surface area contributed by atoms with Gasteiger partial charge in [0.25, 0.3) is 5.56 Å². The summed E-state index contributed by atoms with van der Waals surface area (Å²) in [6.07, 6.45) is -1.93. The molecule has 0 bridgehead atoms. The number of fused-ring (bicyclic) bond motifs is 1. The Morgan fingerprint density at radius 3 is 2.92 bits per heavy atom. The summed E-state index contributed by atoms with van der Waals surface area (Å²) in [6, 6.07) is 0. The lowest BCUT2D eigenvalue weighted by atomic mass is 9.95. The van der Waals surface area contributed by atoms with Gasteiger partial charge in [-0.3, -0.25) is 9.36 Å². The number of hydrogen-bond acceptors (Lipinski definition) is 9. The fourth-order valence-electron chi connectivity index (χ4n) is 3.53. The summed E-state index contributed by atoms with van der Waals surface area (Å²) < 4.78 is 13.1. The molecule has 25 heavy (non-hydrogen) atoms. The third-order valence-corrected chi connectivity index (χ3v) is 4.75. The van der Waals surface area contributed by atoms with E-state index in [0.717, 1.165) is 0 Å². The summed E-state index contributed by atoms with van der Waals surface area (Å²) in [5.41, 5.74) is -1.77. The normalized spacial score (nSPS) is 36.1. The van der Waals surface area contributed by atoms with Crippen LogP contribution in [-0.2, 0) is 15.2 Å². The molecule has 2 saturated heterocycles. The number of H-pyrrole nitrogens is 1. The van der Waals surface area contributed by atoms with Crippen molar-refractivity contribution in [3.8, 4) is 0 Å². The van der Waals surface area contributed by atoms with Crippen LogP contribution in [0, 0.1) is 0 Å². The molecule has 0 spiro atoms. The Bertz CT molecular complexity index is 817. The van der Waals surface area contributed by atoms with Gasteiger partial charge >= 0.3 is 0 Å². The number of imidazole rings is 1. The topological polar surface area (TPSA) is 155 Å². The number of nitrogens with one attached hydrogen (secondary N) is 2. The maximum Gasteiger partial charge on any atom is 0.278 e. The maximum atomic E-state index is 11.9. The monoisotopic (exact) mass is 353 g/mol. The highest BCUT2D eigenvalue weighted by molar-refractivity contribution is 5.69. The number of aliphatic hydroxyl groups is 3. The zero-order valence-electron chi connectivity index (χ0n) is 13.2. The third kappa shape index (κ3) is 2.32. The maximum absolute atomic E-state index is 11.9. The van der Waals surface area contributed by atoms with Crippen molar-refractivity contribution in [2.24, 2.45) is 0 Å². The first-order valence-corrected chi connectivity index (χ1v) is 7.98. The minimum atomic E-state index is -1.59. The minimum absolute atomic E-state index is 0.0726. The molecular formula is C14H19N5O6. The second-order valence-electron chi connectivity index (χ2n) is 6.11. The summed E-state index contributed by atoms with van der Waals surface area (Å²) in [5, 5.41) is 33.8. The lowest BCUT2D eigenvalue weighted by Crippen LogP contribution is -2.60. The summed E-state index contributed by atoms with van der Waals surface area (Å²) in [6.45, 7) is 0.867. The van der Waals surface area contributed by atoms with E-state index >= 15 is 0 Å². The fraction of sp³-hybridized carbons (Fsp3) is 0.643. The van der Waals surface area contributed by atoms with Crippen LogP contribution >= 0.6 is 0 Å². The first-order valence-electron chi connectivity index (χ1n) is 7.98. The number of aliphatic hydroxyl groups excluding tert-OH is 3. The van der Waals surface area contributed by atoms with Gasteiger partial charge in [-0.05, 0) is 0 Å². The summed E-state index contributed by atoms with van der Waals surface area (Å²) >= 11 is 0. The SMILES string of the molecule is O=c1[nH]cnc2c1ncn2[C@]1(C2CNCCO2)O[C@H](CO)[C@@H](O)[C@H]1O. The molecule has 5 N–H and O–H groups in total. The first kappa shape index (κ1) is 16.6. The largest absolute Gasteiger partial charge is 0.394 e. The Hall–Kier alpha value is -1.89. The van der Waals surface area contributed by atoms with Crippen molar-refractivity contribution in [3.05, 3.63) is 23.0 Å². The molecule has 0 radical (unpaired) electrons. The highest BCUT2D eigenvalue weighted by Gasteiger charge is 2.61. The molecule has 5 atom stereocenters. The Balaban J connectivity index is 1.91. The number of ether oxygens (including phenoxy) is 2. The highest BCUT2D eigenvalue weighted by atomic mass is 16.6. The van der Waals surface area contributed by atoms with Gasteiger partial charge in [-0.2, -0.15) is 0 Å². The van der Waals surface area contributed by atoms with Crippen molar-refractivity contribution in [2.45, 2.75) is 30.1 Å². The van der Waals surface area contributed by atoms with Gasteiger partial charge in [-0.1, -0.05) is 0 Å². The van der Waals surface area contributed by atoms with E-state index in [-0.39, 0.29) is 11.2 Å². The molecule has 2 aliphatic heterocycles. The molecule has 0 saturated carbocycles. The van der Waals surface area contributed by atoms with Crippen LogP contribution in [0.15, 0.2) is 17.4 Å². The second-order valence-corrected chi connectivity index (χ2v) is 6.11. The molecule has 4 heterocycles. The second kappa shape index (κ2) is 6.12. The van der Waals surface area contributed by atoms with E-state index in [0.29, 0.717) is 19.7 Å². The van der Waals surface area contributed by atoms with Gasteiger partial charge in [0.15, 0.2) is 11.2 Å². The zero-order valence-corrected chi connectivity index (χ0v) is 13.2. The Morgan fingerprint density at radius 2 is 2.24 bits per heavy atom. The van der Waals surface area contributed by atoms with Crippen molar-refractivity contribution >= 4 is 11.2 Å². The van der Waals surface area contributed by atoms with Crippen molar-refractivity contribution < 1.29 is 24.8 Å². The smallest absolute Gasteiger partial charge is 0.278 e. The van der Waals surface area contributed by atoms with Crippen LogP contribution in [0.2, 0.25) is 0 Å². The number of morpholine rings is 1. The van der Waals surface area contributed by atoms with Crippen LogP contribution in [-0.4, -0.2) is 85.6 Å². The van der Waals surface area contributed by atoms with Crippen molar-refractivity contribution in [1.82, 2.24) is 24.8 Å². The van der Waals surface area contributed by atoms with Gasteiger partial charge in [0, 0.05) is 13.1 Å². The van der Waals surface area contributed by atoms with Crippen LogP contribution in [0.3, 0.4) is 0 Å². The van der Waals surface area contributed by atoms with Crippen LogP contribution < -0.4 is 10.9 Å². The fourth-order valence-corrected chi connectivity index (χ4v) is 3.53. The van der Waals surface area contributed by atoms with Gasteiger partial charge in [0.2, 0.25) is 5.72 Å². The van der Waals surface area contributed by atoms with Crippen molar-refractivity contribution in [1.29, 1.82) is 0 Å². The highest BCUT2D eigenvalue weighted by Crippen LogP contribution is 2.41. The van der Waals surface area contributed by atoms with Gasteiger partial charge in [0.05, 0.1) is 25.9 Å². The predicted molar refractivity (Wildman–Crippen MR) is 82.7 cm³/mol. The molecule has 11 heteroatoms. The molecule has 2 aromatic rings. The van der Waals surface area contributed by atoms with Crippen molar-refractivity contribution in [2.75, 3.05) is 26.3 Å². The Kier molecular flexibility index (Phi) is 4.06. The number of aromatic amines is 1. The van der Waals surface area contributed by atoms with Crippen LogP contribution in [0.25, 0.3) is 11.2 Å². The molecule has 4 rings (SSSR count). The molecule has 2 aliphatic rings. The van der Waals surface area contributed by atoms with Crippen LogP contribution in [0.5, 0.6) is 0 Å². The molecule has 2 aromatic heterocycles. The molecular weight excluding hydrogens is 334 g/mol. The quantitative estimate of drug-likeness (QED) is 0.385. The molecule has 1 unspecified atom stereocenters. The standard InChI is InChI=1S/C14H19N5O6/c20-4-7-10(21)11(22)14(25-7,8-3-15-1-2-24-8)19-6-18-9-12(19)16-5-17-13(9)23/h5-8,10-11,15,20-22H,1-4H2,(H,16,17,23)/t7-,8?,10-,11-,14-/m1/s1. The number of aromatic nitrogens is 4. The van der Waals surface area contributed by atoms with Gasteiger partial charge in [0.1, 0.15) is 24.4 Å². The van der Waals surface area contributed by atoms with Gasteiger partial charge in [-0.25, -0.2) is 9.97 Å². The van der Waals surface area contributed by atoms with E-state index in [1.54, 1.807) is 0 Å². The molecule has 136 valence electrons. The summed E-state index contributed by atoms with van der Waals surface area (Å²) in [7, 11) is 0. The molecule has 0 amide bonds.